The van der Waals surface area contributed by atoms with Gasteiger partial charge >= 0.3 is 0 Å². The zero-order valence-corrected chi connectivity index (χ0v) is 14.6. The molecule has 7 nitrogen and oxygen atoms in total. The molecule has 1 aliphatic carbocycles. The number of hydrogen-bond acceptors (Lipinski definition) is 5. The minimum Gasteiger partial charge on any atom is -0.487 e. The van der Waals surface area contributed by atoms with Crippen LogP contribution >= 0.6 is 0 Å². The molecular formula is C17H19N3O4S. The van der Waals surface area contributed by atoms with Crippen LogP contribution < -0.4 is 10.3 Å². The molecule has 132 valence electrons. The van der Waals surface area contributed by atoms with Crippen molar-refractivity contribution in [2.75, 3.05) is 13.1 Å². The number of sulfonamides is 1. The normalized spacial score (nSPS) is 18.8. The first-order chi connectivity index (χ1) is 11.9. The summed E-state index contributed by atoms with van der Waals surface area (Å²) < 4.78 is 33.8. The lowest BCUT2D eigenvalue weighted by Crippen LogP contribution is -2.56. The third kappa shape index (κ3) is 3.07. The molecule has 0 spiro atoms. The lowest BCUT2D eigenvalue weighted by atomic mass is 10.2. The van der Waals surface area contributed by atoms with Gasteiger partial charge in [-0.15, -0.1) is 0 Å². The Balaban J connectivity index is 1.43. The van der Waals surface area contributed by atoms with Crippen LogP contribution in [0.5, 0.6) is 5.75 Å². The van der Waals surface area contributed by atoms with E-state index in [9.17, 15) is 13.2 Å². The zero-order valence-electron chi connectivity index (χ0n) is 13.8. The van der Waals surface area contributed by atoms with Gasteiger partial charge < -0.3 is 9.30 Å². The van der Waals surface area contributed by atoms with E-state index in [2.05, 4.69) is 4.98 Å². The van der Waals surface area contributed by atoms with Crippen LogP contribution in [0, 0.1) is 6.92 Å². The minimum atomic E-state index is -3.53. The largest absolute Gasteiger partial charge is 0.487 e. The summed E-state index contributed by atoms with van der Waals surface area (Å²) in [5, 5.41) is 0. The molecule has 8 heteroatoms. The number of aromatic nitrogens is 2. The van der Waals surface area contributed by atoms with Gasteiger partial charge in [0, 0.05) is 30.2 Å². The van der Waals surface area contributed by atoms with Crippen LogP contribution in [0.2, 0.25) is 0 Å². The van der Waals surface area contributed by atoms with Crippen molar-refractivity contribution >= 4 is 10.0 Å². The SMILES string of the molecule is Cc1cc(OC2CN(S(=O)(=O)c3cccnc3)C2)cc(=O)n1C1CC1. The van der Waals surface area contributed by atoms with E-state index < -0.39 is 10.0 Å². The van der Waals surface area contributed by atoms with Crippen LogP contribution in [0.25, 0.3) is 0 Å². The number of ether oxygens (including phenoxy) is 1. The maximum Gasteiger partial charge on any atom is 0.254 e. The Hall–Kier alpha value is -2.19. The molecule has 0 radical (unpaired) electrons. The first-order valence-corrected chi connectivity index (χ1v) is 9.69. The predicted octanol–water partition coefficient (Wildman–Crippen LogP) is 1.34. The molecule has 4 rings (SSSR count). The number of hydrogen-bond donors (Lipinski definition) is 0. The van der Waals surface area contributed by atoms with Gasteiger partial charge in [0.25, 0.3) is 5.56 Å². The first kappa shape index (κ1) is 16.3. The molecule has 0 atom stereocenters. The Morgan fingerprint density at radius 1 is 1.24 bits per heavy atom. The van der Waals surface area contributed by atoms with Crippen LogP contribution in [0.3, 0.4) is 0 Å². The molecular weight excluding hydrogens is 342 g/mol. The molecule has 0 aromatic carbocycles. The lowest BCUT2D eigenvalue weighted by molar-refractivity contribution is 0.0758. The summed E-state index contributed by atoms with van der Waals surface area (Å²) in [4.78, 5) is 16.2. The average molecular weight is 361 g/mol. The number of pyridine rings is 2. The Bertz CT molecular complexity index is 946. The maximum absolute atomic E-state index is 12.4. The zero-order chi connectivity index (χ0) is 17.6. The Labute approximate surface area is 145 Å². The van der Waals surface area contributed by atoms with E-state index >= 15 is 0 Å². The summed E-state index contributed by atoms with van der Waals surface area (Å²) in [5.74, 6) is 0.503. The smallest absolute Gasteiger partial charge is 0.254 e. The Morgan fingerprint density at radius 2 is 2.00 bits per heavy atom. The second-order valence-corrected chi connectivity index (χ2v) is 8.46. The molecule has 2 aromatic rings. The van der Waals surface area contributed by atoms with Gasteiger partial charge in [0.1, 0.15) is 16.7 Å². The van der Waals surface area contributed by atoms with E-state index in [0.717, 1.165) is 18.5 Å². The fourth-order valence-corrected chi connectivity index (χ4v) is 4.53. The molecule has 0 N–H and O–H groups in total. The second kappa shape index (κ2) is 5.96. The molecule has 2 fully saturated rings. The summed E-state index contributed by atoms with van der Waals surface area (Å²) in [6.45, 7) is 2.43. The summed E-state index contributed by atoms with van der Waals surface area (Å²) >= 11 is 0. The predicted molar refractivity (Wildman–Crippen MR) is 91.1 cm³/mol. The Kier molecular flexibility index (Phi) is 3.88. The molecule has 1 aliphatic heterocycles. The molecule has 0 amide bonds. The van der Waals surface area contributed by atoms with Gasteiger partial charge in [-0.25, -0.2) is 8.42 Å². The molecule has 1 saturated carbocycles. The van der Waals surface area contributed by atoms with Gasteiger partial charge in [0.15, 0.2) is 0 Å². The number of rotatable bonds is 5. The van der Waals surface area contributed by atoms with Crippen molar-refractivity contribution in [2.45, 2.75) is 36.8 Å². The van der Waals surface area contributed by atoms with Crippen molar-refractivity contribution in [3.8, 4) is 5.75 Å². The second-order valence-electron chi connectivity index (χ2n) is 6.52. The van der Waals surface area contributed by atoms with Crippen LogP contribution in [0.15, 0.2) is 46.3 Å². The van der Waals surface area contributed by atoms with Gasteiger partial charge in [-0.05, 0) is 38.0 Å². The van der Waals surface area contributed by atoms with Gasteiger partial charge in [-0.2, -0.15) is 4.31 Å². The highest BCUT2D eigenvalue weighted by atomic mass is 32.2. The summed E-state index contributed by atoms with van der Waals surface area (Å²) in [6, 6.07) is 6.78. The van der Waals surface area contributed by atoms with Gasteiger partial charge in [0.05, 0.1) is 13.1 Å². The Morgan fingerprint density at radius 3 is 2.60 bits per heavy atom. The van der Waals surface area contributed by atoms with Crippen molar-refractivity contribution in [3.05, 3.63) is 52.7 Å². The third-order valence-corrected chi connectivity index (χ3v) is 6.35. The van der Waals surface area contributed by atoms with Crippen molar-refractivity contribution < 1.29 is 13.2 Å². The van der Waals surface area contributed by atoms with Crippen molar-refractivity contribution in [1.82, 2.24) is 13.9 Å². The third-order valence-electron chi connectivity index (χ3n) is 4.54. The fraction of sp³-hybridized carbons (Fsp3) is 0.412. The minimum absolute atomic E-state index is 0.0586. The van der Waals surface area contributed by atoms with Crippen LogP contribution in [0.1, 0.15) is 24.6 Å². The summed E-state index contributed by atoms with van der Waals surface area (Å²) in [6.07, 6.45) is 4.72. The molecule has 2 aromatic heterocycles. The van der Waals surface area contributed by atoms with Crippen molar-refractivity contribution in [2.24, 2.45) is 0 Å². The van der Waals surface area contributed by atoms with Gasteiger partial charge in [0.2, 0.25) is 10.0 Å². The highest BCUT2D eigenvalue weighted by Crippen LogP contribution is 2.35. The molecule has 0 unspecified atom stereocenters. The highest BCUT2D eigenvalue weighted by molar-refractivity contribution is 7.89. The van der Waals surface area contributed by atoms with Gasteiger partial charge in [-0.3, -0.25) is 9.78 Å². The number of aryl methyl sites for hydroxylation is 1. The van der Waals surface area contributed by atoms with E-state index in [1.807, 2.05) is 13.0 Å². The van der Waals surface area contributed by atoms with E-state index in [1.54, 1.807) is 10.6 Å². The lowest BCUT2D eigenvalue weighted by Gasteiger charge is -2.37. The van der Waals surface area contributed by atoms with Gasteiger partial charge in [-0.1, -0.05) is 0 Å². The van der Waals surface area contributed by atoms with E-state index in [0.29, 0.717) is 11.8 Å². The standard InChI is InChI=1S/C17H19N3O4S/c1-12-7-14(8-17(21)20(12)13-4-5-13)24-15-10-19(11-15)25(22,23)16-3-2-6-18-9-16/h2-3,6-9,13,15H,4-5,10-11H2,1H3. The van der Waals surface area contributed by atoms with Crippen LogP contribution in [0.4, 0.5) is 0 Å². The maximum atomic E-state index is 12.4. The van der Waals surface area contributed by atoms with Crippen LogP contribution in [-0.2, 0) is 10.0 Å². The van der Waals surface area contributed by atoms with Crippen LogP contribution in [-0.4, -0.2) is 41.5 Å². The molecule has 2 aliphatic rings. The highest BCUT2D eigenvalue weighted by Gasteiger charge is 2.38. The van der Waals surface area contributed by atoms with Crippen molar-refractivity contribution in [3.63, 3.8) is 0 Å². The fourth-order valence-electron chi connectivity index (χ4n) is 3.06. The monoisotopic (exact) mass is 361 g/mol. The summed E-state index contributed by atoms with van der Waals surface area (Å²) in [7, 11) is -3.53. The molecule has 3 heterocycles. The van der Waals surface area contributed by atoms with E-state index in [1.165, 1.54) is 28.8 Å². The molecule has 1 saturated heterocycles. The summed E-state index contributed by atoms with van der Waals surface area (Å²) in [5.41, 5.74) is 0.820. The topological polar surface area (TPSA) is 81.5 Å². The quantitative estimate of drug-likeness (QED) is 0.803. The van der Waals surface area contributed by atoms with E-state index in [-0.39, 0.29) is 29.6 Å². The molecule has 25 heavy (non-hydrogen) atoms. The molecule has 0 bridgehead atoms. The van der Waals surface area contributed by atoms with E-state index in [4.69, 9.17) is 4.74 Å². The first-order valence-electron chi connectivity index (χ1n) is 8.25. The van der Waals surface area contributed by atoms with Crippen molar-refractivity contribution in [1.29, 1.82) is 0 Å². The number of nitrogens with zero attached hydrogens (tertiary/aromatic N) is 3. The average Bonchev–Trinajstić information content (AvgIpc) is 3.35.